The number of halogens is 2. The minimum Gasteiger partial charge on any atom is -0.497 e. The Labute approximate surface area is 191 Å². The quantitative estimate of drug-likeness (QED) is 0.345. The highest BCUT2D eigenvalue weighted by atomic mass is 35.5. The average molecular weight is 445 g/mol. The smallest absolute Gasteiger partial charge is 0.130 e. The molecule has 3 nitrogen and oxygen atoms in total. The molecule has 1 heterocycles. The van der Waals surface area contributed by atoms with Gasteiger partial charge in [0.15, 0.2) is 0 Å². The molecule has 0 aliphatic rings. The third kappa shape index (κ3) is 5.38. The standard InChI is InChI=1S/C26H18Cl2N2O/c1-31-22-12-8-20(9-13-22)7-4-18-2-5-19(6-3-18)10-15-26-29-17-25(30-26)23-14-11-21(27)16-24(23)28/h2-3,5-6,8-17H,1H3,(H,29,30). The zero-order valence-corrected chi connectivity index (χ0v) is 18.2. The van der Waals surface area contributed by atoms with E-state index in [0.717, 1.165) is 39.5 Å². The fourth-order valence-electron chi connectivity index (χ4n) is 2.93. The molecule has 1 N–H and O–H groups in total. The van der Waals surface area contributed by atoms with E-state index in [9.17, 15) is 0 Å². The third-order valence-electron chi connectivity index (χ3n) is 4.59. The molecule has 3 aromatic carbocycles. The van der Waals surface area contributed by atoms with Crippen molar-refractivity contribution in [1.82, 2.24) is 9.97 Å². The van der Waals surface area contributed by atoms with Crippen LogP contribution in [0.3, 0.4) is 0 Å². The van der Waals surface area contributed by atoms with Crippen molar-refractivity contribution in [3.05, 3.63) is 105 Å². The van der Waals surface area contributed by atoms with Crippen LogP contribution in [0.4, 0.5) is 0 Å². The van der Waals surface area contributed by atoms with Gasteiger partial charge in [-0.15, -0.1) is 0 Å². The Bertz CT molecular complexity index is 1280. The Morgan fingerprint density at radius 1 is 0.871 bits per heavy atom. The van der Waals surface area contributed by atoms with Crippen molar-refractivity contribution in [3.8, 4) is 28.8 Å². The van der Waals surface area contributed by atoms with Crippen LogP contribution in [0.25, 0.3) is 23.4 Å². The summed E-state index contributed by atoms with van der Waals surface area (Å²) < 4.78 is 5.16. The molecule has 0 amide bonds. The van der Waals surface area contributed by atoms with Crippen LogP contribution in [-0.4, -0.2) is 17.1 Å². The molecule has 0 aliphatic carbocycles. The average Bonchev–Trinajstić information content (AvgIpc) is 3.26. The summed E-state index contributed by atoms with van der Waals surface area (Å²) in [6.07, 6.45) is 5.74. The Hall–Kier alpha value is -3.45. The minimum absolute atomic E-state index is 0.570. The summed E-state index contributed by atoms with van der Waals surface area (Å²) in [6.45, 7) is 0. The van der Waals surface area contributed by atoms with Crippen LogP contribution in [0.1, 0.15) is 22.5 Å². The maximum atomic E-state index is 6.27. The highest BCUT2D eigenvalue weighted by Crippen LogP contribution is 2.29. The van der Waals surface area contributed by atoms with Crippen molar-refractivity contribution in [3.63, 3.8) is 0 Å². The second-order valence-corrected chi connectivity index (χ2v) is 7.57. The summed E-state index contributed by atoms with van der Waals surface area (Å²) in [6, 6.07) is 21.1. The summed E-state index contributed by atoms with van der Waals surface area (Å²) in [7, 11) is 1.65. The van der Waals surface area contributed by atoms with Gasteiger partial charge in [-0.2, -0.15) is 0 Å². The molecule has 0 fully saturated rings. The number of ether oxygens (including phenoxy) is 1. The second-order valence-electron chi connectivity index (χ2n) is 6.73. The van der Waals surface area contributed by atoms with Gasteiger partial charge in [-0.1, -0.05) is 53.3 Å². The van der Waals surface area contributed by atoms with Crippen molar-refractivity contribution < 1.29 is 4.74 Å². The number of nitrogens with zero attached hydrogens (tertiary/aromatic N) is 1. The van der Waals surface area contributed by atoms with Crippen LogP contribution in [-0.2, 0) is 0 Å². The number of nitrogens with one attached hydrogen (secondary N) is 1. The number of benzene rings is 3. The monoisotopic (exact) mass is 444 g/mol. The highest BCUT2D eigenvalue weighted by Gasteiger charge is 2.07. The Morgan fingerprint density at radius 2 is 1.55 bits per heavy atom. The van der Waals surface area contributed by atoms with Gasteiger partial charge in [0, 0.05) is 27.9 Å². The van der Waals surface area contributed by atoms with Gasteiger partial charge in [0.2, 0.25) is 0 Å². The van der Waals surface area contributed by atoms with E-state index >= 15 is 0 Å². The van der Waals surface area contributed by atoms with Gasteiger partial charge in [-0.3, -0.25) is 0 Å². The minimum atomic E-state index is 0.570. The largest absolute Gasteiger partial charge is 0.497 e. The lowest BCUT2D eigenvalue weighted by Gasteiger charge is -2.00. The van der Waals surface area contributed by atoms with Crippen molar-refractivity contribution in [2.45, 2.75) is 0 Å². The van der Waals surface area contributed by atoms with Gasteiger partial charge in [0.25, 0.3) is 0 Å². The first-order valence-electron chi connectivity index (χ1n) is 9.56. The van der Waals surface area contributed by atoms with Crippen LogP contribution in [0.5, 0.6) is 5.75 Å². The molecule has 4 rings (SSSR count). The Morgan fingerprint density at radius 3 is 2.19 bits per heavy atom. The molecule has 0 unspecified atom stereocenters. The molecule has 0 spiro atoms. The van der Waals surface area contributed by atoms with Gasteiger partial charge in [0.05, 0.1) is 17.8 Å². The number of H-pyrrole nitrogens is 1. The normalized spacial score (nSPS) is 10.7. The number of imidazole rings is 1. The number of hydrogen-bond donors (Lipinski definition) is 1. The number of rotatable bonds is 4. The van der Waals surface area contributed by atoms with E-state index in [2.05, 4.69) is 21.8 Å². The molecule has 0 aliphatic heterocycles. The first-order valence-corrected chi connectivity index (χ1v) is 10.3. The summed E-state index contributed by atoms with van der Waals surface area (Å²) in [5.41, 5.74) is 4.55. The van der Waals surface area contributed by atoms with Gasteiger partial charge < -0.3 is 9.72 Å². The second kappa shape index (κ2) is 9.57. The predicted octanol–water partition coefficient (Wildman–Crippen LogP) is 6.96. The first-order chi connectivity index (χ1) is 15.1. The molecule has 0 bridgehead atoms. The molecule has 31 heavy (non-hydrogen) atoms. The topological polar surface area (TPSA) is 37.9 Å². The third-order valence-corrected chi connectivity index (χ3v) is 5.14. The van der Waals surface area contributed by atoms with Gasteiger partial charge >= 0.3 is 0 Å². The van der Waals surface area contributed by atoms with Crippen molar-refractivity contribution in [2.75, 3.05) is 7.11 Å². The van der Waals surface area contributed by atoms with Gasteiger partial charge in [-0.05, 0) is 66.2 Å². The summed E-state index contributed by atoms with van der Waals surface area (Å²) in [4.78, 5) is 7.73. The van der Waals surface area contributed by atoms with Gasteiger partial charge in [-0.25, -0.2) is 4.98 Å². The molecular formula is C26H18Cl2N2O. The maximum absolute atomic E-state index is 6.27. The molecule has 0 radical (unpaired) electrons. The molecule has 1 aromatic heterocycles. The number of methoxy groups -OCH3 is 1. The van der Waals surface area contributed by atoms with Gasteiger partial charge in [0.1, 0.15) is 11.6 Å². The fourth-order valence-corrected chi connectivity index (χ4v) is 3.43. The molecule has 0 saturated heterocycles. The van der Waals surface area contributed by atoms with Crippen molar-refractivity contribution >= 4 is 35.4 Å². The van der Waals surface area contributed by atoms with Crippen LogP contribution in [0.2, 0.25) is 10.0 Å². The summed E-state index contributed by atoms with van der Waals surface area (Å²) in [5.74, 6) is 7.89. The molecular weight excluding hydrogens is 427 g/mol. The molecule has 0 atom stereocenters. The van der Waals surface area contributed by atoms with E-state index in [0.29, 0.717) is 10.0 Å². The zero-order chi connectivity index (χ0) is 21.6. The van der Waals surface area contributed by atoms with E-state index in [1.54, 1.807) is 19.2 Å². The maximum Gasteiger partial charge on any atom is 0.130 e. The summed E-state index contributed by atoms with van der Waals surface area (Å²) >= 11 is 12.2. The van der Waals surface area contributed by atoms with E-state index in [4.69, 9.17) is 27.9 Å². The molecule has 5 heteroatoms. The lowest BCUT2D eigenvalue weighted by molar-refractivity contribution is 0.415. The van der Waals surface area contributed by atoms with Crippen LogP contribution in [0, 0.1) is 11.8 Å². The lowest BCUT2D eigenvalue weighted by Crippen LogP contribution is -1.82. The summed E-state index contributed by atoms with van der Waals surface area (Å²) in [5, 5.41) is 1.17. The number of aromatic nitrogens is 2. The molecule has 0 saturated carbocycles. The van der Waals surface area contributed by atoms with Crippen LogP contribution < -0.4 is 4.74 Å². The highest BCUT2D eigenvalue weighted by molar-refractivity contribution is 6.36. The van der Waals surface area contributed by atoms with Crippen LogP contribution >= 0.6 is 23.2 Å². The molecule has 152 valence electrons. The lowest BCUT2D eigenvalue weighted by atomic mass is 10.1. The van der Waals surface area contributed by atoms with E-state index in [1.807, 2.05) is 72.9 Å². The fraction of sp³-hybridized carbons (Fsp3) is 0.0385. The first kappa shape index (κ1) is 20.8. The molecule has 4 aromatic rings. The Kier molecular flexibility index (Phi) is 6.43. The zero-order valence-electron chi connectivity index (χ0n) is 16.7. The SMILES string of the molecule is COc1ccc(C#Cc2ccc(C=Cc3nc(-c4ccc(Cl)cc4Cl)c[nH]3)cc2)cc1. The number of aromatic amines is 1. The predicted molar refractivity (Wildman–Crippen MR) is 128 cm³/mol. The van der Waals surface area contributed by atoms with E-state index < -0.39 is 0 Å². The Balaban J connectivity index is 1.43. The van der Waals surface area contributed by atoms with Crippen LogP contribution in [0.15, 0.2) is 72.9 Å². The van der Waals surface area contributed by atoms with Crippen molar-refractivity contribution in [2.24, 2.45) is 0 Å². The number of hydrogen-bond acceptors (Lipinski definition) is 2. The van der Waals surface area contributed by atoms with E-state index in [1.165, 1.54) is 0 Å². The van der Waals surface area contributed by atoms with Crippen molar-refractivity contribution in [1.29, 1.82) is 0 Å². The van der Waals surface area contributed by atoms with E-state index in [-0.39, 0.29) is 0 Å².